The van der Waals surface area contributed by atoms with E-state index in [9.17, 15) is 14.4 Å². The van der Waals surface area contributed by atoms with Crippen molar-refractivity contribution in [1.29, 1.82) is 0 Å². The minimum Gasteiger partial charge on any atom is -0.353 e. The Kier molecular flexibility index (Phi) is 6.84. The maximum Gasteiger partial charge on any atom is 0.263 e. The van der Waals surface area contributed by atoms with E-state index in [-0.39, 0.29) is 24.3 Å². The average Bonchev–Trinajstić information content (AvgIpc) is 3.57. The summed E-state index contributed by atoms with van der Waals surface area (Å²) >= 11 is 1.42. The van der Waals surface area contributed by atoms with Gasteiger partial charge in [0, 0.05) is 50.4 Å². The van der Waals surface area contributed by atoms with E-state index in [1.807, 2.05) is 48.7 Å². The van der Waals surface area contributed by atoms with Crippen LogP contribution < -0.4 is 5.32 Å². The first-order valence-electron chi connectivity index (χ1n) is 12.0. The van der Waals surface area contributed by atoms with Gasteiger partial charge in [-0.15, -0.1) is 11.3 Å². The first kappa shape index (κ1) is 24.1. The quantitative estimate of drug-likeness (QED) is 0.576. The second kappa shape index (κ2) is 10.2. The maximum atomic E-state index is 13.8. The van der Waals surface area contributed by atoms with Crippen LogP contribution in [0.15, 0.2) is 66.3 Å². The molecule has 2 aliphatic rings. The third-order valence-corrected chi connectivity index (χ3v) is 7.69. The molecule has 8 nitrogen and oxygen atoms in total. The molecule has 186 valence electrons. The lowest BCUT2D eigenvalue weighted by Crippen LogP contribution is -2.59. The molecule has 2 saturated heterocycles. The SMILES string of the molecule is Cc1ccc(C(=O)N2[C@@H](C(=O)NCc3cccnc3)COC23CCN(C(=O)c2cccs2)CC3)cc1. The molecule has 1 atom stereocenters. The van der Waals surface area contributed by atoms with Crippen molar-refractivity contribution in [2.75, 3.05) is 19.7 Å². The number of thiophene rings is 1. The normalized spacial score (nSPS) is 18.9. The topological polar surface area (TPSA) is 91.8 Å². The predicted octanol–water partition coefficient (Wildman–Crippen LogP) is 3.24. The van der Waals surface area contributed by atoms with Crippen molar-refractivity contribution in [3.63, 3.8) is 0 Å². The lowest BCUT2D eigenvalue weighted by molar-refractivity contribution is -0.128. The van der Waals surface area contributed by atoms with E-state index < -0.39 is 11.8 Å². The molecule has 1 spiro atoms. The standard InChI is InChI=1S/C27H28N4O4S/c1-19-6-8-21(9-7-19)25(33)31-22(24(32)29-17-20-4-2-12-28-16-20)18-35-27(31)10-13-30(14-11-27)26(34)23-5-3-15-36-23/h2-9,12,15-16,22H,10-11,13-14,17-18H2,1H3,(H,29,32)/t22-/m1/s1. The molecule has 0 bridgehead atoms. The van der Waals surface area contributed by atoms with Gasteiger partial charge in [0.2, 0.25) is 5.91 Å². The van der Waals surface area contributed by atoms with Crippen LogP contribution in [0.25, 0.3) is 0 Å². The number of pyridine rings is 1. The second-order valence-corrected chi connectivity index (χ2v) is 10.1. The molecule has 2 aromatic heterocycles. The summed E-state index contributed by atoms with van der Waals surface area (Å²) in [7, 11) is 0. The highest BCUT2D eigenvalue weighted by molar-refractivity contribution is 7.12. The first-order valence-corrected chi connectivity index (χ1v) is 12.9. The number of aromatic nitrogens is 1. The van der Waals surface area contributed by atoms with E-state index >= 15 is 0 Å². The number of benzene rings is 1. The van der Waals surface area contributed by atoms with Gasteiger partial charge in [-0.2, -0.15) is 0 Å². The number of carbonyl (C=O) groups is 3. The number of aryl methyl sites for hydroxylation is 1. The zero-order valence-corrected chi connectivity index (χ0v) is 20.9. The summed E-state index contributed by atoms with van der Waals surface area (Å²) in [4.78, 5) is 48.2. The fraction of sp³-hybridized carbons (Fsp3) is 0.333. The third kappa shape index (κ3) is 4.76. The highest BCUT2D eigenvalue weighted by Gasteiger charge is 2.54. The average molecular weight is 505 g/mol. The minimum absolute atomic E-state index is 0.0139. The molecule has 1 N–H and O–H groups in total. The van der Waals surface area contributed by atoms with E-state index in [1.54, 1.807) is 34.3 Å². The van der Waals surface area contributed by atoms with Crippen LogP contribution in [0.3, 0.4) is 0 Å². The number of nitrogens with zero attached hydrogens (tertiary/aromatic N) is 3. The van der Waals surface area contributed by atoms with Crippen LogP contribution in [0.5, 0.6) is 0 Å². The van der Waals surface area contributed by atoms with Crippen molar-refractivity contribution in [2.45, 2.75) is 38.1 Å². The molecule has 3 amide bonds. The number of nitrogens with one attached hydrogen (secondary N) is 1. The molecule has 0 aliphatic carbocycles. The van der Waals surface area contributed by atoms with Crippen molar-refractivity contribution in [3.05, 3.63) is 87.9 Å². The molecular weight excluding hydrogens is 476 g/mol. The van der Waals surface area contributed by atoms with Gasteiger partial charge < -0.3 is 15.0 Å². The lowest BCUT2D eigenvalue weighted by Gasteiger charge is -2.44. The van der Waals surface area contributed by atoms with Crippen LogP contribution in [0.4, 0.5) is 0 Å². The van der Waals surface area contributed by atoms with Crippen molar-refractivity contribution in [2.24, 2.45) is 0 Å². The van der Waals surface area contributed by atoms with Crippen LogP contribution in [0.2, 0.25) is 0 Å². The molecule has 36 heavy (non-hydrogen) atoms. The number of carbonyl (C=O) groups excluding carboxylic acids is 3. The summed E-state index contributed by atoms with van der Waals surface area (Å²) in [6.45, 7) is 3.27. The van der Waals surface area contributed by atoms with Crippen molar-refractivity contribution in [3.8, 4) is 0 Å². The molecule has 0 radical (unpaired) electrons. The number of ether oxygens (including phenoxy) is 1. The molecule has 1 aromatic carbocycles. The number of hydrogen-bond acceptors (Lipinski definition) is 6. The summed E-state index contributed by atoms with van der Waals surface area (Å²) in [5.74, 6) is -0.527. The molecule has 2 fully saturated rings. The lowest BCUT2D eigenvalue weighted by atomic mass is 9.96. The van der Waals surface area contributed by atoms with Crippen molar-refractivity contribution in [1.82, 2.24) is 20.1 Å². The van der Waals surface area contributed by atoms with Gasteiger partial charge in [0.1, 0.15) is 11.8 Å². The third-order valence-electron chi connectivity index (χ3n) is 6.83. The van der Waals surface area contributed by atoms with E-state index in [0.29, 0.717) is 42.9 Å². The molecule has 2 aliphatic heterocycles. The van der Waals surface area contributed by atoms with Crippen LogP contribution in [-0.2, 0) is 16.1 Å². The molecule has 4 heterocycles. The van der Waals surface area contributed by atoms with Crippen molar-refractivity contribution < 1.29 is 19.1 Å². The van der Waals surface area contributed by atoms with Crippen LogP contribution in [0.1, 0.15) is 44.0 Å². The maximum absolute atomic E-state index is 13.8. The van der Waals surface area contributed by atoms with E-state index in [1.165, 1.54) is 11.3 Å². The highest BCUT2D eigenvalue weighted by Crippen LogP contribution is 2.39. The molecule has 0 unspecified atom stereocenters. The van der Waals surface area contributed by atoms with Crippen LogP contribution in [-0.4, -0.2) is 64.0 Å². The Bertz CT molecular complexity index is 1220. The van der Waals surface area contributed by atoms with E-state index in [0.717, 1.165) is 11.1 Å². The predicted molar refractivity (Wildman–Crippen MR) is 135 cm³/mol. The Morgan fingerprint density at radius 2 is 1.86 bits per heavy atom. The number of piperidine rings is 1. The van der Waals surface area contributed by atoms with Crippen LogP contribution >= 0.6 is 11.3 Å². The fourth-order valence-corrected chi connectivity index (χ4v) is 5.52. The molecular formula is C27H28N4O4S. The smallest absolute Gasteiger partial charge is 0.263 e. The number of amides is 3. The van der Waals surface area contributed by atoms with Gasteiger partial charge in [-0.25, -0.2) is 0 Å². The Balaban J connectivity index is 1.36. The van der Waals surface area contributed by atoms with Gasteiger partial charge in [-0.3, -0.25) is 24.3 Å². The fourth-order valence-electron chi connectivity index (χ4n) is 4.83. The zero-order valence-electron chi connectivity index (χ0n) is 20.1. The Labute approximate surface area is 213 Å². The Hall–Kier alpha value is -3.56. The molecule has 9 heteroatoms. The number of likely N-dealkylation sites (tertiary alicyclic amines) is 1. The van der Waals surface area contributed by atoms with Gasteiger partial charge >= 0.3 is 0 Å². The molecule has 3 aromatic rings. The number of rotatable bonds is 5. The Morgan fingerprint density at radius 1 is 1.08 bits per heavy atom. The summed E-state index contributed by atoms with van der Waals surface area (Å²) in [5, 5.41) is 4.82. The van der Waals surface area contributed by atoms with Gasteiger partial charge in [0.25, 0.3) is 11.8 Å². The number of hydrogen-bond donors (Lipinski definition) is 1. The van der Waals surface area contributed by atoms with Gasteiger partial charge in [0.05, 0.1) is 11.5 Å². The zero-order chi connectivity index (χ0) is 25.1. The van der Waals surface area contributed by atoms with Crippen LogP contribution in [0, 0.1) is 6.92 Å². The molecule has 0 saturated carbocycles. The summed E-state index contributed by atoms with van der Waals surface area (Å²) < 4.78 is 6.26. The van der Waals surface area contributed by atoms with Gasteiger partial charge in [0.15, 0.2) is 0 Å². The second-order valence-electron chi connectivity index (χ2n) is 9.16. The first-order chi connectivity index (χ1) is 17.5. The largest absolute Gasteiger partial charge is 0.353 e. The minimum atomic E-state index is -0.940. The van der Waals surface area contributed by atoms with Crippen molar-refractivity contribution >= 4 is 29.1 Å². The summed E-state index contributed by atoms with van der Waals surface area (Å²) in [6.07, 6.45) is 4.25. The van der Waals surface area contributed by atoms with Gasteiger partial charge in [-0.05, 0) is 42.1 Å². The van der Waals surface area contributed by atoms with E-state index in [2.05, 4.69) is 10.3 Å². The molecule has 5 rings (SSSR count). The van der Waals surface area contributed by atoms with Gasteiger partial charge in [-0.1, -0.05) is 29.8 Å². The monoisotopic (exact) mass is 504 g/mol. The summed E-state index contributed by atoms with van der Waals surface area (Å²) in [6, 6.07) is 13.9. The highest BCUT2D eigenvalue weighted by atomic mass is 32.1. The van der Waals surface area contributed by atoms with E-state index in [4.69, 9.17) is 4.74 Å². The Morgan fingerprint density at radius 3 is 2.53 bits per heavy atom. The summed E-state index contributed by atoms with van der Waals surface area (Å²) in [5.41, 5.74) is 1.49.